The molecule has 1 aromatic heterocycles. The zero-order valence-electron chi connectivity index (χ0n) is 18.4. The second kappa shape index (κ2) is 11.2. The Kier molecular flexibility index (Phi) is 8.70. The lowest BCUT2D eigenvalue weighted by Crippen LogP contribution is -2.29. The highest BCUT2D eigenvalue weighted by atomic mass is 16.5. The first kappa shape index (κ1) is 23.3. The van der Waals surface area contributed by atoms with Crippen LogP contribution in [0, 0.1) is 5.92 Å². The van der Waals surface area contributed by atoms with Crippen LogP contribution in [0.15, 0.2) is 24.4 Å². The summed E-state index contributed by atoms with van der Waals surface area (Å²) in [5.74, 6) is 1.04. The third-order valence-electron chi connectivity index (χ3n) is 4.22. The Balaban J connectivity index is 2.13. The van der Waals surface area contributed by atoms with Crippen LogP contribution in [0.4, 0.5) is 5.69 Å². The fraction of sp³-hybridized carbons (Fsp3) is 0.500. The monoisotopic (exact) mass is 416 g/mol. The molecule has 30 heavy (non-hydrogen) atoms. The van der Waals surface area contributed by atoms with Gasteiger partial charge in [0.1, 0.15) is 0 Å². The van der Waals surface area contributed by atoms with Gasteiger partial charge >= 0.3 is 0 Å². The summed E-state index contributed by atoms with van der Waals surface area (Å²) in [6, 6.07) is 5.44. The first-order valence-corrected chi connectivity index (χ1v) is 10.4. The summed E-state index contributed by atoms with van der Waals surface area (Å²) in [6.45, 7) is 11.9. The van der Waals surface area contributed by atoms with E-state index in [1.807, 2.05) is 40.7 Å². The fourth-order valence-corrected chi connectivity index (χ4v) is 2.81. The molecule has 0 saturated heterocycles. The van der Waals surface area contributed by atoms with Crippen LogP contribution in [-0.4, -0.2) is 41.4 Å². The molecular formula is C22H32N4O4. The Morgan fingerprint density at radius 3 is 2.43 bits per heavy atom. The van der Waals surface area contributed by atoms with Crippen molar-refractivity contribution < 1.29 is 19.1 Å². The molecule has 2 amide bonds. The minimum atomic E-state index is -0.300. The molecule has 0 saturated carbocycles. The Morgan fingerprint density at radius 2 is 1.80 bits per heavy atom. The van der Waals surface area contributed by atoms with E-state index in [2.05, 4.69) is 15.7 Å². The minimum Gasteiger partial charge on any atom is -0.490 e. The van der Waals surface area contributed by atoms with E-state index in [0.717, 1.165) is 5.56 Å². The number of nitrogens with zero attached hydrogens (tertiary/aromatic N) is 2. The van der Waals surface area contributed by atoms with Gasteiger partial charge in [-0.1, -0.05) is 19.9 Å². The maximum absolute atomic E-state index is 12.6. The number of aryl methyl sites for hydroxylation is 1. The van der Waals surface area contributed by atoms with Crippen LogP contribution in [-0.2, 0) is 17.8 Å². The summed E-state index contributed by atoms with van der Waals surface area (Å²) in [5.41, 5.74) is 1.40. The zero-order chi connectivity index (χ0) is 22.1. The molecular weight excluding hydrogens is 384 g/mol. The molecule has 0 aliphatic heterocycles. The summed E-state index contributed by atoms with van der Waals surface area (Å²) >= 11 is 0. The normalized spacial score (nSPS) is 10.7. The van der Waals surface area contributed by atoms with Gasteiger partial charge in [0.15, 0.2) is 17.2 Å². The Hall–Kier alpha value is -3.03. The number of anilines is 1. The molecule has 0 atom stereocenters. The van der Waals surface area contributed by atoms with Crippen molar-refractivity contribution in [3.05, 3.63) is 35.7 Å². The van der Waals surface area contributed by atoms with Crippen LogP contribution >= 0.6 is 0 Å². The highest BCUT2D eigenvalue weighted by molar-refractivity contribution is 6.02. The third kappa shape index (κ3) is 6.50. The van der Waals surface area contributed by atoms with Gasteiger partial charge < -0.3 is 20.1 Å². The van der Waals surface area contributed by atoms with Crippen LogP contribution in [0.1, 0.15) is 50.7 Å². The van der Waals surface area contributed by atoms with Crippen LogP contribution < -0.4 is 20.1 Å². The van der Waals surface area contributed by atoms with Gasteiger partial charge in [-0.25, -0.2) is 0 Å². The first-order chi connectivity index (χ1) is 14.4. The van der Waals surface area contributed by atoms with Gasteiger partial charge in [0.2, 0.25) is 5.91 Å². The average Bonchev–Trinajstić information content (AvgIpc) is 3.11. The van der Waals surface area contributed by atoms with Crippen molar-refractivity contribution in [1.29, 1.82) is 0 Å². The minimum absolute atomic E-state index is 0.136. The van der Waals surface area contributed by atoms with Gasteiger partial charge in [-0.05, 0) is 44.4 Å². The molecule has 0 bridgehead atoms. The number of hydrogen-bond acceptors (Lipinski definition) is 5. The van der Waals surface area contributed by atoms with Gasteiger partial charge in [-0.15, -0.1) is 0 Å². The van der Waals surface area contributed by atoms with E-state index in [4.69, 9.17) is 9.47 Å². The summed E-state index contributed by atoms with van der Waals surface area (Å²) in [7, 11) is 0. The van der Waals surface area contributed by atoms with Crippen molar-refractivity contribution in [1.82, 2.24) is 15.1 Å². The van der Waals surface area contributed by atoms with E-state index in [1.165, 1.54) is 0 Å². The molecule has 0 spiro atoms. The molecule has 2 rings (SSSR count). The third-order valence-corrected chi connectivity index (χ3v) is 4.22. The molecule has 0 unspecified atom stereocenters. The van der Waals surface area contributed by atoms with Gasteiger partial charge in [-0.2, -0.15) is 5.10 Å². The molecule has 0 aliphatic carbocycles. The molecule has 0 radical (unpaired) electrons. The van der Waals surface area contributed by atoms with Crippen molar-refractivity contribution >= 4 is 17.5 Å². The van der Waals surface area contributed by atoms with Crippen LogP contribution in [0.2, 0.25) is 0 Å². The van der Waals surface area contributed by atoms with Crippen molar-refractivity contribution in [3.8, 4) is 11.5 Å². The second-order valence-corrected chi connectivity index (χ2v) is 7.22. The summed E-state index contributed by atoms with van der Waals surface area (Å²) in [5, 5.41) is 9.95. The highest BCUT2D eigenvalue weighted by Crippen LogP contribution is 2.29. The number of benzene rings is 1. The number of nitrogens with one attached hydrogen (secondary N) is 2. The van der Waals surface area contributed by atoms with Gasteiger partial charge in [0.05, 0.1) is 25.3 Å². The summed E-state index contributed by atoms with van der Waals surface area (Å²) in [4.78, 5) is 25.1. The number of amides is 2. The summed E-state index contributed by atoms with van der Waals surface area (Å²) in [6.07, 6.45) is 1.81. The predicted octanol–water partition coefficient (Wildman–Crippen LogP) is 3.27. The van der Waals surface area contributed by atoms with Crippen molar-refractivity contribution in [2.45, 2.75) is 47.6 Å². The summed E-state index contributed by atoms with van der Waals surface area (Å²) < 4.78 is 12.8. The van der Waals surface area contributed by atoms with Crippen molar-refractivity contribution in [2.24, 2.45) is 5.92 Å². The average molecular weight is 417 g/mol. The largest absolute Gasteiger partial charge is 0.490 e. The van der Waals surface area contributed by atoms with E-state index in [1.54, 1.807) is 23.0 Å². The lowest BCUT2D eigenvalue weighted by Gasteiger charge is -2.12. The number of ether oxygens (including phenoxy) is 2. The first-order valence-electron chi connectivity index (χ1n) is 10.4. The molecule has 164 valence electrons. The maximum Gasteiger partial charge on any atom is 0.273 e. The van der Waals surface area contributed by atoms with Gasteiger partial charge in [0, 0.05) is 19.3 Å². The van der Waals surface area contributed by atoms with E-state index < -0.39 is 0 Å². The Bertz CT molecular complexity index is 861. The Morgan fingerprint density at radius 1 is 1.10 bits per heavy atom. The fourth-order valence-electron chi connectivity index (χ4n) is 2.81. The Labute approximate surface area is 177 Å². The van der Waals surface area contributed by atoms with Crippen LogP contribution in [0.3, 0.4) is 0 Å². The molecule has 1 aromatic carbocycles. The molecule has 2 aromatic rings. The zero-order valence-corrected chi connectivity index (χ0v) is 18.4. The van der Waals surface area contributed by atoms with Crippen molar-refractivity contribution in [3.63, 3.8) is 0 Å². The number of hydrogen-bond donors (Lipinski definition) is 2. The predicted molar refractivity (Wildman–Crippen MR) is 116 cm³/mol. The van der Waals surface area contributed by atoms with Crippen molar-refractivity contribution in [2.75, 3.05) is 25.1 Å². The topological polar surface area (TPSA) is 94.5 Å². The van der Waals surface area contributed by atoms with E-state index in [-0.39, 0.29) is 23.9 Å². The van der Waals surface area contributed by atoms with Gasteiger partial charge in [0.25, 0.3) is 5.91 Å². The molecule has 2 N–H and O–H groups in total. The quantitative estimate of drug-likeness (QED) is 0.586. The lowest BCUT2D eigenvalue weighted by atomic mass is 10.1. The van der Waals surface area contributed by atoms with E-state index in [0.29, 0.717) is 49.4 Å². The molecule has 0 aliphatic rings. The van der Waals surface area contributed by atoms with E-state index >= 15 is 0 Å². The second-order valence-electron chi connectivity index (χ2n) is 7.22. The maximum atomic E-state index is 12.6. The number of rotatable bonds is 11. The van der Waals surface area contributed by atoms with Gasteiger partial charge in [-0.3, -0.25) is 14.3 Å². The number of carbonyl (C=O) groups is 2. The SMILES string of the molecule is CCOc1ccc(CC(=O)Nc2cn(CC)nc2C(=O)NCC(C)C)cc1OCC. The number of carbonyl (C=O) groups excluding carboxylic acids is 2. The van der Waals surface area contributed by atoms with Crippen LogP contribution in [0.5, 0.6) is 11.5 Å². The lowest BCUT2D eigenvalue weighted by molar-refractivity contribution is -0.115. The molecule has 0 fully saturated rings. The highest BCUT2D eigenvalue weighted by Gasteiger charge is 2.19. The standard InChI is InChI=1S/C22H32N4O4/c1-6-26-14-17(21(25-26)22(28)23-13-15(4)5)24-20(27)12-16-9-10-18(29-7-2)19(11-16)30-8-3/h9-11,14-15H,6-8,12-13H2,1-5H3,(H,23,28)(H,24,27). The molecule has 8 nitrogen and oxygen atoms in total. The van der Waals surface area contributed by atoms with Crippen LogP contribution in [0.25, 0.3) is 0 Å². The molecule has 1 heterocycles. The molecule has 8 heteroatoms. The number of aromatic nitrogens is 2. The van der Waals surface area contributed by atoms with E-state index in [9.17, 15) is 9.59 Å². The smallest absolute Gasteiger partial charge is 0.273 e.